The van der Waals surface area contributed by atoms with Crippen molar-refractivity contribution in [3.8, 4) is 0 Å². The SMILES string of the molecule is Cc1nc(CC(=O)N(C)CCO)cs1. The Morgan fingerprint density at radius 3 is 2.93 bits per heavy atom. The Hall–Kier alpha value is -0.940. The van der Waals surface area contributed by atoms with Crippen molar-refractivity contribution in [1.29, 1.82) is 0 Å². The highest BCUT2D eigenvalue weighted by Gasteiger charge is 2.10. The van der Waals surface area contributed by atoms with Gasteiger partial charge in [0, 0.05) is 19.0 Å². The van der Waals surface area contributed by atoms with Crippen LogP contribution in [-0.2, 0) is 11.2 Å². The Kier molecular flexibility index (Phi) is 4.03. The van der Waals surface area contributed by atoms with Gasteiger partial charge in [-0.3, -0.25) is 4.79 Å². The highest BCUT2D eigenvalue weighted by atomic mass is 32.1. The van der Waals surface area contributed by atoms with Crippen molar-refractivity contribution in [2.75, 3.05) is 20.2 Å². The van der Waals surface area contributed by atoms with Gasteiger partial charge in [0.15, 0.2) is 0 Å². The van der Waals surface area contributed by atoms with Gasteiger partial charge in [-0.25, -0.2) is 4.98 Å². The van der Waals surface area contributed by atoms with Crippen LogP contribution in [0, 0.1) is 6.92 Å². The Balaban J connectivity index is 2.48. The van der Waals surface area contributed by atoms with E-state index in [1.165, 1.54) is 4.90 Å². The fourth-order valence-corrected chi connectivity index (χ4v) is 1.67. The normalized spacial score (nSPS) is 10.2. The van der Waals surface area contributed by atoms with Crippen LogP contribution in [0.3, 0.4) is 0 Å². The van der Waals surface area contributed by atoms with Crippen LogP contribution in [0.4, 0.5) is 0 Å². The van der Waals surface area contributed by atoms with E-state index in [0.29, 0.717) is 13.0 Å². The van der Waals surface area contributed by atoms with E-state index < -0.39 is 0 Å². The third kappa shape index (κ3) is 3.08. The highest BCUT2D eigenvalue weighted by molar-refractivity contribution is 7.09. The molecule has 0 aromatic carbocycles. The van der Waals surface area contributed by atoms with Crippen LogP contribution in [-0.4, -0.2) is 41.1 Å². The molecule has 14 heavy (non-hydrogen) atoms. The molecule has 1 N–H and O–H groups in total. The molecule has 78 valence electrons. The van der Waals surface area contributed by atoms with E-state index in [1.54, 1.807) is 18.4 Å². The summed E-state index contributed by atoms with van der Waals surface area (Å²) < 4.78 is 0. The predicted molar refractivity (Wildman–Crippen MR) is 55.3 cm³/mol. The number of amides is 1. The third-order valence-corrected chi connectivity index (χ3v) is 2.68. The van der Waals surface area contributed by atoms with Crippen molar-refractivity contribution < 1.29 is 9.90 Å². The van der Waals surface area contributed by atoms with E-state index in [0.717, 1.165) is 10.7 Å². The zero-order valence-corrected chi connectivity index (χ0v) is 9.17. The van der Waals surface area contributed by atoms with Gasteiger partial charge in [-0.15, -0.1) is 11.3 Å². The Bertz CT molecular complexity index is 312. The van der Waals surface area contributed by atoms with Gasteiger partial charge in [0.2, 0.25) is 5.91 Å². The van der Waals surface area contributed by atoms with Crippen LogP contribution in [0.1, 0.15) is 10.7 Å². The molecule has 0 aliphatic heterocycles. The van der Waals surface area contributed by atoms with E-state index in [1.807, 2.05) is 12.3 Å². The molecule has 1 aromatic rings. The van der Waals surface area contributed by atoms with E-state index >= 15 is 0 Å². The molecule has 1 heterocycles. The lowest BCUT2D eigenvalue weighted by Gasteiger charge is -2.14. The number of carbonyl (C=O) groups excluding carboxylic acids is 1. The first-order chi connectivity index (χ1) is 6.63. The predicted octanol–water partition coefficient (Wildman–Crippen LogP) is 0.445. The number of nitrogens with zero attached hydrogens (tertiary/aromatic N) is 2. The number of thiazole rings is 1. The second-order valence-corrected chi connectivity index (χ2v) is 4.14. The summed E-state index contributed by atoms with van der Waals surface area (Å²) in [4.78, 5) is 17.2. The van der Waals surface area contributed by atoms with Gasteiger partial charge in [-0.2, -0.15) is 0 Å². The van der Waals surface area contributed by atoms with Gasteiger partial charge in [-0.1, -0.05) is 0 Å². The molecule has 0 saturated heterocycles. The molecule has 0 aliphatic carbocycles. The molecule has 0 aliphatic rings. The number of aliphatic hydroxyl groups is 1. The molecule has 1 rings (SSSR count). The lowest BCUT2D eigenvalue weighted by Crippen LogP contribution is -2.30. The molecule has 0 fully saturated rings. The average Bonchev–Trinajstić information content (AvgIpc) is 2.51. The second kappa shape index (κ2) is 5.07. The standard InChI is InChI=1S/C9H14N2O2S/c1-7-10-8(6-14-7)5-9(13)11(2)3-4-12/h6,12H,3-5H2,1-2H3. The molecule has 0 bridgehead atoms. The Morgan fingerprint density at radius 1 is 1.71 bits per heavy atom. The topological polar surface area (TPSA) is 53.4 Å². The minimum Gasteiger partial charge on any atom is -0.395 e. The van der Waals surface area contributed by atoms with E-state index in [4.69, 9.17) is 5.11 Å². The minimum atomic E-state index is -0.00986. The van der Waals surface area contributed by atoms with Gasteiger partial charge in [-0.05, 0) is 6.92 Å². The number of carbonyl (C=O) groups is 1. The maximum Gasteiger partial charge on any atom is 0.228 e. The van der Waals surface area contributed by atoms with Gasteiger partial charge in [0.1, 0.15) is 0 Å². The first-order valence-electron chi connectivity index (χ1n) is 4.39. The number of hydrogen-bond donors (Lipinski definition) is 1. The Labute approximate surface area is 87.2 Å². The highest BCUT2D eigenvalue weighted by Crippen LogP contribution is 2.09. The Morgan fingerprint density at radius 2 is 2.43 bits per heavy atom. The van der Waals surface area contributed by atoms with Crippen molar-refractivity contribution >= 4 is 17.2 Å². The molecule has 0 spiro atoms. The van der Waals surface area contributed by atoms with Crippen molar-refractivity contribution in [3.63, 3.8) is 0 Å². The molecule has 0 unspecified atom stereocenters. The van der Waals surface area contributed by atoms with Crippen LogP contribution >= 0.6 is 11.3 Å². The fourth-order valence-electron chi connectivity index (χ4n) is 1.05. The number of likely N-dealkylation sites (N-methyl/N-ethyl adjacent to an activating group) is 1. The first-order valence-corrected chi connectivity index (χ1v) is 5.27. The number of aliphatic hydroxyl groups excluding tert-OH is 1. The monoisotopic (exact) mass is 214 g/mol. The van der Waals surface area contributed by atoms with E-state index in [2.05, 4.69) is 4.98 Å². The number of aromatic nitrogens is 1. The summed E-state index contributed by atoms with van der Waals surface area (Å²) in [7, 11) is 1.68. The zero-order valence-electron chi connectivity index (χ0n) is 8.36. The minimum absolute atomic E-state index is 0.00165. The maximum absolute atomic E-state index is 11.5. The van der Waals surface area contributed by atoms with Crippen LogP contribution in [0.5, 0.6) is 0 Å². The first kappa shape index (κ1) is 11.1. The number of aryl methyl sites for hydroxylation is 1. The molecule has 4 nitrogen and oxygen atoms in total. The van der Waals surface area contributed by atoms with E-state index in [9.17, 15) is 4.79 Å². The molecule has 0 saturated carbocycles. The molecule has 5 heteroatoms. The van der Waals surface area contributed by atoms with Crippen molar-refractivity contribution in [2.24, 2.45) is 0 Å². The van der Waals surface area contributed by atoms with Crippen molar-refractivity contribution in [2.45, 2.75) is 13.3 Å². The molecule has 0 radical (unpaired) electrons. The molecular formula is C9H14N2O2S. The molecule has 1 aromatic heterocycles. The van der Waals surface area contributed by atoms with Crippen LogP contribution in [0.2, 0.25) is 0 Å². The lowest BCUT2D eigenvalue weighted by molar-refractivity contribution is -0.129. The van der Waals surface area contributed by atoms with Crippen LogP contribution in [0.15, 0.2) is 5.38 Å². The summed E-state index contributed by atoms with van der Waals surface area (Å²) in [6.45, 7) is 2.29. The zero-order chi connectivity index (χ0) is 10.6. The quantitative estimate of drug-likeness (QED) is 0.791. The molecule has 0 atom stereocenters. The molecule has 1 amide bonds. The van der Waals surface area contributed by atoms with Crippen LogP contribution in [0.25, 0.3) is 0 Å². The lowest BCUT2D eigenvalue weighted by atomic mass is 10.3. The molecular weight excluding hydrogens is 200 g/mol. The fraction of sp³-hybridized carbons (Fsp3) is 0.556. The van der Waals surface area contributed by atoms with Gasteiger partial charge in [0.05, 0.1) is 23.7 Å². The summed E-state index contributed by atoms with van der Waals surface area (Å²) in [5.74, 6) is -0.00986. The summed E-state index contributed by atoms with van der Waals surface area (Å²) in [5.41, 5.74) is 0.808. The number of hydrogen-bond acceptors (Lipinski definition) is 4. The largest absolute Gasteiger partial charge is 0.395 e. The van der Waals surface area contributed by atoms with Crippen molar-refractivity contribution in [3.05, 3.63) is 16.1 Å². The smallest absolute Gasteiger partial charge is 0.228 e. The summed E-state index contributed by atoms with van der Waals surface area (Å²) >= 11 is 1.54. The number of rotatable bonds is 4. The third-order valence-electron chi connectivity index (χ3n) is 1.86. The van der Waals surface area contributed by atoms with Gasteiger partial charge >= 0.3 is 0 Å². The second-order valence-electron chi connectivity index (χ2n) is 3.07. The maximum atomic E-state index is 11.5. The van der Waals surface area contributed by atoms with Gasteiger partial charge < -0.3 is 10.0 Å². The summed E-state index contributed by atoms with van der Waals surface area (Å²) in [6, 6.07) is 0. The summed E-state index contributed by atoms with van der Waals surface area (Å²) in [6.07, 6.45) is 0.320. The van der Waals surface area contributed by atoms with Gasteiger partial charge in [0.25, 0.3) is 0 Å². The van der Waals surface area contributed by atoms with Crippen molar-refractivity contribution in [1.82, 2.24) is 9.88 Å². The van der Waals surface area contributed by atoms with Crippen LogP contribution < -0.4 is 0 Å². The average molecular weight is 214 g/mol. The van der Waals surface area contributed by atoms with E-state index in [-0.39, 0.29) is 12.5 Å². The summed E-state index contributed by atoms with van der Waals surface area (Å²) in [5, 5.41) is 11.5.